The zero-order chi connectivity index (χ0) is 12.6. The van der Waals surface area contributed by atoms with Gasteiger partial charge in [0.2, 0.25) is 0 Å². The first-order valence-corrected chi connectivity index (χ1v) is 6.84. The van der Waals surface area contributed by atoms with Crippen molar-refractivity contribution in [1.29, 1.82) is 0 Å². The van der Waals surface area contributed by atoms with Crippen molar-refractivity contribution in [2.24, 2.45) is 0 Å². The van der Waals surface area contributed by atoms with Crippen LogP contribution in [0.15, 0.2) is 37.4 Å². The smallest absolute Gasteiger partial charge is 0.0969 e. The third kappa shape index (κ3) is 1.72. The number of benzene rings is 1. The van der Waals surface area contributed by atoms with E-state index >= 15 is 0 Å². The average Bonchev–Trinajstić information content (AvgIpc) is 2.95. The zero-order valence-electron chi connectivity index (χ0n) is 10.8. The Kier molecular flexibility index (Phi) is 3.00. The highest BCUT2D eigenvalue weighted by Gasteiger charge is 2.48. The predicted molar refractivity (Wildman–Crippen MR) is 73.3 cm³/mol. The fourth-order valence-corrected chi connectivity index (χ4v) is 3.83. The molecule has 2 saturated heterocycles. The lowest BCUT2D eigenvalue weighted by molar-refractivity contribution is -0.0708. The van der Waals surface area contributed by atoms with Gasteiger partial charge in [-0.1, -0.05) is 24.3 Å². The van der Waals surface area contributed by atoms with Crippen LogP contribution in [-0.2, 0) is 16.9 Å². The van der Waals surface area contributed by atoms with Crippen LogP contribution in [0.1, 0.15) is 36.8 Å². The minimum Gasteiger partial charge on any atom is -0.365 e. The van der Waals surface area contributed by atoms with E-state index in [1.54, 1.807) is 0 Å². The SMILES string of the molecule is C=C.c1ccc2c(c1)COC21CC2CCC(C1)N2. The van der Waals surface area contributed by atoms with Crippen LogP contribution in [0.5, 0.6) is 0 Å². The molecule has 0 aromatic heterocycles. The second kappa shape index (κ2) is 4.52. The number of hydrogen-bond acceptors (Lipinski definition) is 2. The largest absolute Gasteiger partial charge is 0.365 e. The fraction of sp³-hybridized carbons (Fsp3) is 0.500. The summed E-state index contributed by atoms with van der Waals surface area (Å²) < 4.78 is 6.19. The first-order valence-electron chi connectivity index (χ1n) is 6.84. The molecule has 2 heteroatoms. The molecule has 96 valence electrons. The van der Waals surface area contributed by atoms with Gasteiger partial charge in [-0.05, 0) is 36.8 Å². The Bertz CT molecular complexity index is 430. The van der Waals surface area contributed by atoms with E-state index in [1.807, 2.05) is 0 Å². The van der Waals surface area contributed by atoms with E-state index in [0.717, 1.165) is 6.61 Å². The Morgan fingerprint density at radius 2 is 1.78 bits per heavy atom. The number of hydrogen-bond donors (Lipinski definition) is 1. The van der Waals surface area contributed by atoms with Gasteiger partial charge in [0.1, 0.15) is 0 Å². The summed E-state index contributed by atoms with van der Waals surface area (Å²) in [6.45, 7) is 6.82. The molecule has 2 unspecified atom stereocenters. The van der Waals surface area contributed by atoms with Crippen LogP contribution in [0.4, 0.5) is 0 Å². The van der Waals surface area contributed by atoms with E-state index < -0.39 is 0 Å². The first-order chi connectivity index (χ1) is 8.86. The Morgan fingerprint density at radius 3 is 2.50 bits per heavy atom. The molecule has 2 bridgehead atoms. The normalized spacial score (nSPS) is 36.0. The van der Waals surface area contributed by atoms with Crippen LogP contribution in [0.25, 0.3) is 0 Å². The summed E-state index contributed by atoms with van der Waals surface area (Å²) in [5.41, 5.74) is 2.92. The van der Waals surface area contributed by atoms with Gasteiger partial charge in [0.25, 0.3) is 0 Å². The highest BCUT2D eigenvalue weighted by molar-refractivity contribution is 5.36. The highest BCUT2D eigenvalue weighted by Crippen LogP contribution is 2.48. The molecule has 3 heterocycles. The molecule has 3 aliphatic heterocycles. The molecular formula is C16H21NO. The molecule has 2 nitrogen and oxygen atoms in total. The van der Waals surface area contributed by atoms with E-state index in [4.69, 9.17) is 4.74 Å². The number of ether oxygens (including phenoxy) is 1. The molecular weight excluding hydrogens is 222 g/mol. The van der Waals surface area contributed by atoms with E-state index in [0.29, 0.717) is 12.1 Å². The van der Waals surface area contributed by atoms with Gasteiger partial charge in [0.15, 0.2) is 0 Å². The predicted octanol–water partition coefficient (Wildman–Crippen LogP) is 3.13. The van der Waals surface area contributed by atoms with E-state index in [-0.39, 0.29) is 5.60 Å². The van der Waals surface area contributed by atoms with Gasteiger partial charge in [-0.15, -0.1) is 13.2 Å². The molecule has 0 saturated carbocycles. The summed E-state index contributed by atoms with van der Waals surface area (Å²) >= 11 is 0. The number of piperidine rings is 1. The summed E-state index contributed by atoms with van der Waals surface area (Å²) in [7, 11) is 0. The maximum Gasteiger partial charge on any atom is 0.0969 e. The van der Waals surface area contributed by atoms with Gasteiger partial charge in [-0.3, -0.25) is 0 Å². The van der Waals surface area contributed by atoms with Crippen molar-refractivity contribution >= 4 is 0 Å². The van der Waals surface area contributed by atoms with E-state index in [2.05, 4.69) is 42.7 Å². The van der Waals surface area contributed by atoms with Crippen molar-refractivity contribution in [2.75, 3.05) is 0 Å². The van der Waals surface area contributed by atoms with Crippen molar-refractivity contribution in [2.45, 2.75) is 50.0 Å². The van der Waals surface area contributed by atoms with Gasteiger partial charge in [-0.25, -0.2) is 0 Å². The molecule has 2 atom stereocenters. The molecule has 1 N–H and O–H groups in total. The monoisotopic (exact) mass is 243 g/mol. The van der Waals surface area contributed by atoms with Gasteiger partial charge < -0.3 is 10.1 Å². The van der Waals surface area contributed by atoms with Gasteiger partial charge in [0.05, 0.1) is 12.2 Å². The fourth-order valence-electron chi connectivity index (χ4n) is 3.83. The van der Waals surface area contributed by atoms with Crippen LogP contribution in [0.2, 0.25) is 0 Å². The maximum absolute atomic E-state index is 6.19. The molecule has 3 aliphatic rings. The number of nitrogens with one attached hydrogen (secondary N) is 1. The topological polar surface area (TPSA) is 21.3 Å². The Balaban J connectivity index is 0.000000478. The van der Waals surface area contributed by atoms with Crippen LogP contribution >= 0.6 is 0 Å². The van der Waals surface area contributed by atoms with Crippen LogP contribution < -0.4 is 5.32 Å². The van der Waals surface area contributed by atoms with Crippen molar-refractivity contribution in [3.05, 3.63) is 48.6 Å². The zero-order valence-corrected chi connectivity index (χ0v) is 10.8. The van der Waals surface area contributed by atoms with Crippen molar-refractivity contribution in [3.8, 4) is 0 Å². The molecule has 1 aromatic carbocycles. The van der Waals surface area contributed by atoms with E-state index in [1.165, 1.54) is 36.8 Å². The molecule has 18 heavy (non-hydrogen) atoms. The summed E-state index contributed by atoms with van der Waals surface area (Å²) in [6.07, 6.45) is 5.00. The summed E-state index contributed by atoms with van der Waals surface area (Å²) in [5.74, 6) is 0. The average molecular weight is 243 g/mol. The first kappa shape index (κ1) is 11.9. The lowest BCUT2D eigenvalue weighted by atomic mass is 9.81. The number of fused-ring (bicyclic) bond motifs is 4. The van der Waals surface area contributed by atoms with Crippen molar-refractivity contribution in [3.63, 3.8) is 0 Å². The molecule has 0 amide bonds. The van der Waals surface area contributed by atoms with Crippen LogP contribution in [-0.4, -0.2) is 12.1 Å². The summed E-state index contributed by atoms with van der Waals surface area (Å²) in [4.78, 5) is 0. The third-order valence-corrected chi connectivity index (χ3v) is 4.50. The lowest BCUT2D eigenvalue weighted by Crippen LogP contribution is -2.46. The number of rotatable bonds is 0. The Labute approximate surface area is 109 Å². The van der Waals surface area contributed by atoms with E-state index in [9.17, 15) is 0 Å². The standard InChI is InChI=1S/C14H17NO.C2H4/c1-2-4-13-10(3-1)9-16-14(13)7-11-5-6-12(8-14)15-11;1-2/h1-4,11-12,15H,5-9H2;1-2H2. The molecule has 0 radical (unpaired) electrons. The van der Waals surface area contributed by atoms with Crippen LogP contribution in [0, 0.1) is 0 Å². The second-order valence-corrected chi connectivity index (χ2v) is 5.49. The lowest BCUT2D eigenvalue weighted by Gasteiger charge is -2.38. The molecule has 0 aliphatic carbocycles. The summed E-state index contributed by atoms with van der Waals surface area (Å²) in [5, 5.41) is 3.69. The minimum absolute atomic E-state index is 0.0493. The molecule has 2 fully saturated rings. The van der Waals surface area contributed by atoms with Crippen molar-refractivity contribution in [1.82, 2.24) is 5.32 Å². The van der Waals surface area contributed by atoms with Gasteiger partial charge in [0, 0.05) is 12.1 Å². The van der Waals surface area contributed by atoms with Crippen molar-refractivity contribution < 1.29 is 4.74 Å². The second-order valence-electron chi connectivity index (χ2n) is 5.49. The van der Waals surface area contributed by atoms with Gasteiger partial charge >= 0.3 is 0 Å². The molecule has 4 rings (SSSR count). The Hall–Kier alpha value is -1.12. The van der Waals surface area contributed by atoms with Crippen LogP contribution in [0.3, 0.4) is 0 Å². The Morgan fingerprint density at radius 1 is 1.11 bits per heavy atom. The maximum atomic E-state index is 6.19. The third-order valence-electron chi connectivity index (χ3n) is 4.50. The quantitative estimate of drug-likeness (QED) is 0.707. The summed E-state index contributed by atoms with van der Waals surface area (Å²) in [6, 6.07) is 10.1. The molecule has 1 spiro atoms. The molecule has 1 aromatic rings. The highest BCUT2D eigenvalue weighted by atomic mass is 16.5. The van der Waals surface area contributed by atoms with Gasteiger partial charge in [-0.2, -0.15) is 0 Å². The minimum atomic E-state index is 0.0493.